The molecule has 6 heteroatoms. The zero-order valence-electron chi connectivity index (χ0n) is 12.9. The maximum Gasteiger partial charge on any atom is 0.258 e. The third-order valence-corrected chi connectivity index (χ3v) is 4.32. The number of carbonyl (C=O) groups excluding carboxylic acids is 1. The zero-order valence-corrected chi connectivity index (χ0v) is 14.4. The van der Waals surface area contributed by atoms with E-state index in [0.29, 0.717) is 16.4 Å². The van der Waals surface area contributed by atoms with Gasteiger partial charge in [0.05, 0.1) is 5.56 Å². The molecule has 4 nitrogen and oxygen atoms in total. The van der Waals surface area contributed by atoms with Crippen LogP contribution in [0, 0.1) is 0 Å². The van der Waals surface area contributed by atoms with Crippen LogP contribution in [0.5, 0.6) is 0 Å². The normalized spacial score (nSPS) is 10.4. The number of hydrogen-bond donors (Lipinski definition) is 1. The van der Waals surface area contributed by atoms with Crippen molar-refractivity contribution in [1.29, 1.82) is 0 Å². The van der Waals surface area contributed by atoms with Gasteiger partial charge in [0.25, 0.3) is 5.91 Å². The maximum atomic E-state index is 12.3. The highest BCUT2D eigenvalue weighted by atomic mass is 35.5. The minimum Gasteiger partial charge on any atom is -0.322 e. The average Bonchev–Trinajstić information content (AvgIpc) is 2.62. The summed E-state index contributed by atoms with van der Waals surface area (Å²) in [7, 11) is 0. The number of amides is 1. The van der Waals surface area contributed by atoms with Crippen molar-refractivity contribution in [3.63, 3.8) is 0 Å². The minimum atomic E-state index is -0.240. The first-order valence-corrected chi connectivity index (χ1v) is 8.79. The van der Waals surface area contributed by atoms with E-state index in [2.05, 4.69) is 15.3 Å². The van der Waals surface area contributed by atoms with Gasteiger partial charge < -0.3 is 5.32 Å². The Balaban J connectivity index is 1.75. The Labute approximate surface area is 149 Å². The van der Waals surface area contributed by atoms with Crippen LogP contribution in [0.4, 0.5) is 5.69 Å². The summed E-state index contributed by atoms with van der Waals surface area (Å²) in [6.45, 7) is 0. The SMILES string of the molecule is CSc1cccc(NC(=O)c2cnc(-c3ccc(Cl)cc3)nc2)c1. The van der Waals surface area contributed by atoms with E-state index in [4.69, 9.17) is 11.6 Å². The van der Waals surface area contributed by atoms with Crippen molar-refractivity contribution in [1.82, 2.24) is 9.97 Å². The van der Waals surface area contributed by atoms with E-state index in [1.807, 2.05) is 42.7 Å². The average molecular weight is 356 g/mol. The molecule has 0 atom stereocenters. The Hall–Kier alpha value is -2.37. The van der Waals surface area contributed by atoms with E-state index in [1.165, 1.54) is 12.4 Å². The molecule has 0 aliphatic carbocycles. The van der Waals surface area contributed by atoms with Crippen LogP contribution in [0.15, 0.2) is 65.8 Å². The van der Waals surface area contributed by atoms with Crippen molar-refractivity contribution in [2.24, 2.45) is 0 Å². The van der Waals surface area contributed by atoms with E-state index < -0.39 is 0 Å². The second-order valence-electron chi connectivity index (χ2n) is 4.99. The Bertz CT molecular complexity index is 851. The fraction of sp³-hybridized carbons (Fsp3) is 0.0556. The molecule has 0 unspecified atom stereocenters. The maximum absolute atomic E-state index is 12.3. The van der Waals surface area contributed by atoms with Crippen LogP contribution in [0.1, 0.15) is 10.4 Å². The largest absolute Gasteiger partial charge is 0.322 e. The number of anilines is 1. The lowest BCUT2D eigenvalue weighted by molar-refractivity contribution is 0.102. The van der Waals surface area contributed by atoms with E-state index in [-0.39, 0.29) is 5.91 Å². The topological polar surface area (TPSA) is 54.9 Å². The molecule has 2 aromatic carbocycles. The molecule has 24 heavy (non-hydrogen) atoms. The van der Waals surface area contributed by atoms with Crippen molar-refractivity contribution < 1.29 is 4.79 Å². The summed E-state index contributed by atoms with van der Waals surface area (Å²) in [5.41, 5.74) is 2.00. The molecule has 0 saturated carbocycles. The van der Waals surface area contributed by atoms with Crippen LogP contribution >= 0.6 is 23.4 Å². The van der Waals surface area contributed by atoms with Crippen LogP contribution in [0.25, 0.3) is 11.4 Å². The Kier molecular flexibility index (Phi) is 5.13. The summed E-state index contributed by atoms with van der Waals surface area (Å²) in [6, 6.07) is 14.9. The quantitative estimate of drug-likeness (QED) is 0.685. The Morgan fingerprint density at radius 3 is 2.46 bits per heavy atom. The van der Waals surface area contributed by atoms with E-state index in [9.17, 15) is 4.79 Å². The smallest absolute Gasteiger partial charge is 0.258 e. The fourth-order valence-corrected chi connectivity index (χ4v) is 2.68. The lowest BCUT2D eigenvalue weighted by Gasteiger charge is -2.07. The first kappa shape index (κ1) is 16.5. The van der Waals surface area contributed by atoms with Gasteiger partial charge in [-0.3, -0.25) is 4.79 Å². The molecule has 1 heterocycles. The molecule has 120 valence electrons. The van der Waals surface area contributed by atoms with Gasteiger partial charge in [-0.15, -0.1) is 11.8 Å². The van der Waals surface area contributed by atoms with Crippen LogP contribution < -0.4 is 5.32 Å². The number of hydrogen-bond acceptors (Lipinski definition) is 4. The Morgan fingerprint density at radius 1 is 1.08 bits per heavy atom. The number of halogens is 1. The third kappa shape index (κ3) is 3.93. The monoisotopic (exact) mass is 355 g/mol. The van der Waals surface area contributed by atoms with E-state index in [1.54, 1.807) is 23.9 Å². The van der Waals surface area contributed by atoms with Crippen molar-refractivity contribution in [3.05, 3.63) is 71.5 Å². The number of nitrogens with zero attached hydrogens (tertiary/aromatic N) is 2. The summed E-state index contributed by atoms with van der Waals surface area (Å²) >= 11 is 7.49. The molecule has 1 N–H and O–H groups in total. The lowest BCUT2D eigenvalue weighted by Crippen LogP contribution is -2.12. The number of thioether (sulfide) groups is 1. The highest BCUT2D eigenvalue weighted by molar-refractivity contribution is 7.98. The van der Waals surface area contributed by atoms with Gasteiger partial charge in [0, 0.05) is 33.6 Å². The fourth-order valence-electron chi connectivity index (χ4n) is 2.10. The lowest BCUT2D eigenvalue weighted by atomic mass is 10.2. The first-order chi connectivity index (χ1) is 11.7. The third-order valence-electron chi connectivity index (χ3n) is 3.34. The van der Waals surface area contributed by atoms with Crippen molar-refractivity contribution >= 4 is 35.0 Å². The number of nitrogens with one attached hydrogen (secondary N) is 1. The van der Waals surface area contributed by atoms with Gasteiger partial charge in [0.1, 0.15) is 0 Å². The van der Waals surface area contributed by atoms with Gasteiger partial charge in [0.2, 0.25) is 0 Å². The van der Waals surface area contributed by atoms with Crippen LogP contribution in [0.2, 0.25) is 5.02 Å². The van der Waals surface area contributed by atoms with Crippen LogP contribution in [-0.2, 0) is 0 Å². The molecular weight excluding hydrogens is 342 g/mol. The molecule has 0 aliphatic rings. The first-order valence-electron chi connectivity index (χ1n) is 7.19. The van der Waals surface area contributed by atoms with Gasteiger partial charge in [-0.1, -0.05) is 17.7 Å². The van der Waals surface area contributed by atoms with Crippen LogP contribution in [-0.4, -0.2) is 22.1 Å². The predicted octanol–water partition coefficient (Wildman–Crippen LogP) is 4.77. The van der Waals surface area contributed by atoms with Gasteiger partial charge in [-0.05, 0) is 48.7 Å². The molecule has 0 fully saturated rings. The molecule has 0 bridgehead atoms. The number of benzene rings is 2. The van der Waals surface area contributed by atoms with Gasteiger partial charge in [-0.25, -0.2) is 9.97 Å². The molecule has 1 aromatic heterocycles. The second kappa shape index (κ2) is 7.47. The number of carbonyl (C=O) groups is 1. The summed E-state index contributed by atoms with van der Waals surface area (Å²) in [4.78, 5) is 21.9. The highest BCUT2D eigenvalue weighted by Crippen LogP contribution is 2.20. The molecule has 3 rings (SSSR count). The standard InChI is InChI=1S/C18H14ClN3OS/c1-24-16-4-2-3-15(9-16)22-18(23)13-10-20-17(21-11-13)12-5-7-14(19)8-6-12/h2-11H,1H3,(H,22,23). The molecule has 3 aromatic rings. The zero-order chi connectivity index (χ0) is 16.9. The summed E-state index contributed by atoms with van der Waals surface area (Å²) in [5, 5.41) is 3.50. The molecule has 0 aliphatic heterocycles. The molecular formula is C18H14ClN3OS. The van der Waals surface area contributed by atoms with Crippen molar-refractivity contribution in [2.75, 3.05) is 11.6 Å². The number of rotatable bonds is 4. The number of aromatic nitrogens is 2. The van der Waals surface area contributed by atoms with Gasteiger partial charge in [0.15, 0.2) is 5.82 Å². The van der Waals surface area contributed by atoms with E-state index >= 15 is 0 Å². The van der Waals surface area contributed by atoms with Gasteiger partial charge >= 0.3 is 0 Å². The van der Waals surface area contributed by atoms with Crippen LogP contribution in [0.3, 0.4) is 0 Å². The predicted molar refractivity (Wildman–Crippen MR) is 98.7 cm³/mol. The van der Waals surface area contributed by atoms with Crippen molar-refractivity contribution in [3.8, 4) is 11.4 Å². The second-order valence-corrected chi connectivity index (χ2v) is 6.30. The summed E-state index contributed by atoms with van der Waals surface area (Å²) < 4.78 is 0. The molecule has 1 amide bonds. The minimum absolute atomic E-state index is 0.240. The Morgan fingerprint density at radius 2 is 1.79 bits per heavy atom. The molecule has 0 spiro atoms. The van der Waals surface area contributed by atoms with Gasteiger partial charge in [-0.2, -0.15) is 0 Å². The highest BCUT2D eigenvalue weighted by Gasteiger charge is 2.09. The summed E-state index contributed by atoms with van der Waals surface area (Å²) in [6.07, 6.45) is 5.03. The molecule has 0 saturated heterocycles. The summed E-state index contributed by atoms with van der Waals surface area (Å²) in [5.74, 6) is 0.309. The van der Waals surface area contributed by atoms with E-state index in [0.717, 1.165) is 16.1 Å². The molecule has 0 radical (unpaired) electrons. The van der Waals surface area contributed by atoms with Crippen molar-refractivity contribution in [2.45, 2.75) is 4.90 Å².